The van der Waals surface area contributed by atoms with E-state index in [1.165, 1.54) is 6.07 Å². The smallest absolute Gasteiger partial charge is 0.146 e. The number of likely N-dealkylation sites (N-methyl/N-ethyl adjacent to an activating group) is 1. The number of halogens is 1. The van der Waals surface area contributed by atoms with Crippen LogP contribution < -0.4 is 10.2 Å². The molecule has 4 heteroatoms. The Morgan fingerprint density at radius 2 is 2.31 bits per heavy atom. The van der Waals surface area contributed by atoms with Gasteiger partial charge in [-0.1, -0.05) is 12.1 Å². The Labute approximate surface area is 95.2 Å². The fraction of sp³-hybridized carbons (Fsp3) is 0.500. The molecule has 0 aliphatic carbocycles. The number of nitrogens with zero attached hydrogens (tertiary/aromatic N) is 1. The number of ether oxygens (including phenoxy) is 1. The standard InChI is InChI=1S/C12H17FN2O/c1-15(8-10-9-16-7-6-14-10)12-5-3-2-4-11(12)13/h2-5,10,14H,6-9H2,1H3. The molecular formula is C12H17FN2O. The fourth-order valence-electron chi connectivity index (χ4n) is 1.93. The minimum Gasteiger partial charge on any atom is -0.378 e. The maximum atomic E-state index is 13.5. The van der Waals surface area contributed by atoms with Crippen molar-refractivity contribution in [1.29, 1.82) is 0 Å². The zero-order chi connectivity index (χ0) is 11.4. The monoisotopic (exact) mass is 224 g/mol. The highest BCUT2D eigenvalue weighted by Crippen LogP contribution is 2.17. The largest absolute Gasteiger partial charge is 0.378 e. The summed E-state index contributed by atoms with van der Waals surface area (Å²) < 4.78 is 18.9. The van der Waals surface area contributed by atoms with Crippen molar-refractivity contribution in [2.75, 3.05) is 38.3 Å². The number of para-hydroxylation sites is 1. The van der Waals surface area contributed by atoms with E-state index in [2.05, 4.69) is 5.32 Å². The molecule has 1 aromatic carbocycles. The molecule has 88 valence electrons. The summed E-state index contributed by atoms with van der Waals surface area (Å²) in [7, 11) is 1.90. The van der Waals surface area contributed by atoms with Crippen LogP contribution in [0.5, 0.6) is 0 Å². The second-order valence-electron chi connectivity index (χ2n) is 4.06. The van der Waals surface area contributed by atoms with Crippen molar-refractivity contribution in [3.8, 4) is 0 Å². The van der Waals surface area contributed by atoms with Crippen molar-refractivity contribution in [2.24, 2.45) is 0 Å². The van der Waals surface area contributed by atoms with E-state index in [4.69, 9.17) is 4.74 Å². The number of rotatable bonds is 3. The van der Waals surface area contributed by atoms with Crippen LogP contribution in [0, 0.1) is 5.82 Å². The van der Waals surface area contributed by atoms with Crippen LogP contribution in [0.25, 0.3) is 0 Å². The van der Waals surface area contributed by atoms with Gasteiger partial charge in [-0.05, 0) is 12.1 Å². The van der Waals surface area contributed by atoms with Crippen LogP contribution in [0.15, 0.2) is 24.3 Å². The van der Waals surface area contributed by atoms with Gasteiger partial charge in [-0.25, -0.2) is 4.39 Å². The van der Waals surface area contributed by atoms with E-state index in [-0.39, 0.29) is 11.9 Å². The highest BCUT2D eigenvalue weighted by Gasteiger charge is 2.16. The van der Waals surface area contributed by atoms with Crippen LogP contribution in [0.3, 0.4) is 0 Å². The van der Waals surface area contributed by atoms with Crippen molar-refractivity contribution in [3.63, 3.8) is 0 Å². The summed E-state index contributed by atoms with van der Waals surface area (Å²) >= 11 is 0. The predicted octanol–water partition coefficient (Wildman–Crippen LogP) is 1.25. The first-order valence-electron chi connectivity index (χ1n) is 5.54. The van der Waals surface area contributed by atoms with Crippen molar-refractivity contribution in [2.45, 2.75) is 6.04 Å². The van der Waals surface area contributed by atoms with Crippen LogP contribution >= 0.6 is 0 Å². The van der Waals surface area contributed by atoms with Gasteiger partial charge < -0.3 is 15.0 Å². The fourth-order valence-corrected chi connectivity index (χ4v) is 1.93. The van der Waals surface area contributed by atoms with E-state index < -0.39 is 0 Å². The van der Waals surface area contributed by atoms with Crippen LogP contribution in [-0.4, -0.2) is 39.4 Å². The molecule has 0 spiro atoms. The van der Waals surface area contributed by atoms with E-state index in [0.717, 1.165) is 19.7 Å². The molecule has 1 aromatic rings. The van der Waals surface area contributed by atoms with Gasteiger partial charge in [0.15, 0.2) is 0 Å². The molecule has 1 atom stereocenters. The second kappa shape index (κ2) is 5.27. The van der Waals surface area contributed by atoms with Crippen LogP contribution in [-0.2, 0) is 4.74 Å². The lowest BCUT2D eigenvalue weighted by molar-refractivity contribution is 0.0791. The number of morpholine rings is 1. The SMILES string of the molecule is CN(CC1COCCN1)c1ccccc1F. The summed E-state index contributed by atoms with van der Waals surface area (Å²) in [4.78, 5) is 1.92. The van der Waals surface area contributed by atoms with Gasteiger partial charge >= 0.3 is 0 Å². The highest BCUT2D eigenvalue weighted by atomic mass is 19.1. The average Bonchev–Trinajstić information content (AvgIpc) is 2.31. The molecule has 1 aliphatic rings. The zero-order valence-corrected chi connectivity index (χ0v) is 9.45. The molecule has 1 N–H and O–H groups in total. The number of benzene rings is 1. The second-order valence-corrected chi connectivity index (χ2v) is 4.06. The van der Waals surface area contributed by atoms with Crippen molar-refractivity contribution >= 4 is 5.69 Å². The molecule has 0 bridgehead atoms. The maximum absolute atomic E-state index is 13.5. The van der Waals surface area contributed by atoms with Gasteiger partial charge in [0.25, 0.3) is 0 Å². The molecule has 2 rings (SSSR count). The van der Waals surface area contributed by atoms with Gasteiger partial charge in [-0.2, -0.15) is 0 Å². The topological polar surface area (TPSA) is 24.5 Å². The molecule has 0 saturated carbocycles. The Morgan fingerprint density at radius 3 is 3.00 bits per heavy atom. The first kappa shape index (κ1) is 11.4. The van der Waals surface area contributed by atoms with Crippen LogP contribution in [0.2, 0.25) is 0 Å². The Kier molecular flexibility index (Phi) is 3.74. The predicted molar refractivity (Wildman–Crippen MR) is 62.3 cm³/mol. The molecule has 0 radical (unpaired) electrons. The van der Waals surface area contributed by atoms with Crippen molar-refractivity contribution in [1.82, 2.24) is 5.32 Å². The molecule has 1 fully saturated rings. The van der Waals surface area contributed by atoms with E-state index in [1.54, 1.807) is 12.1 Å². The Balaban J connectivity index is 1.96. The molecular weight excluding hydrogens is 207 g/mol. The first-order chi connectivity index (χ1) is 7.77. The Hall–Kier alpha value is -1.13. The number of anilines is 1. The van der Waals surface area contributed by atoms with E-state index in [1.807, 2.05) is 18.0 Å². The minimum atomic E-state index is -0.179. The van der Waals surface area contributed by atoms with Gasteiger partial charge in [-0.15, -0.1) is 0 Å². The maximum Gasteiger partial charge on any atom is 0.146 e. The van der Waals surface area contributed by atoms with Crippen LogP contribution in [0.1, 0.15) is 0 Å². The zero-order valence-electron chi connectivity index (χ0n) is 9.45. The number of hydrogen-bond acceptors (Lipinski definition) is 3. The van der Waals surface area contributed by atoms with Crippen molar-refractivity contribution < 1.29 is 9.13 Å². The van der Waals surface area contributed by atoms with Crippen LogP contribution in [0.4, 0.5) is 10.1 Å². The summed E-state index contributed by atoms with van der Waals surface area (Å²) in [6, 6.07) is 7.10. The first-order valence-corrected chi connectivity index (χ1v) is 5.54. The molecule has 3 nitrogen and oxygen atoms in total. The summed E-state index contributed by atoms with van der Waals surface area (Å²) in [5.74, 6) is -0.179. The molecule has 16 heavy (non-hydrogen) atoms. The van der Waals surface area contributed by atoms with Gasteiger partial charge in [-0.3, -0.25) is 0 Å². The summed E-state index contributed by atoms with van der Waals surface area (Å²) in [6.07, 6.45) is 0. The van der Waals surface area contributed by atoms with Crippen molar-refractivity contribution in [3.05, 3.63) is 30.1 Å². The number of nitrogens with one attached hydrogen (secondary N) is 1. The van der Waals surface area contributed by atoms with Gasteiger partial charge in [0.1, 0.15) is 5.82 Å². The average molecular weight is 224 g/mol. The third-order valence-corrected chi connectivity index (χ3v) is 2.76. The molecule has 1 aliphatic heterocycles. The summed E-state index contributed by atoms with van der Waals surface area (Å²) in [5, 5.41) is 3.35. The Bertz CT molecular complexity index is 340. The quantitative estimate of drug-likeness (QED) is 0.836. The molecule has 0 amide bonds. The number of hydrogen-bond donors (Lipinski definition) is 1. The van der Waals surface area contributed by atoms with Gasteiger partial charge in [0.05, 0.1) is 18.9 Å². The highest BCUT2D eigenvalue weighted by molar-refractivity contribution is 5.46. The third-order valence-electron chi connectivity index (χ3n) is 2.76. The van der Waals surface area contributed by atoms with E-state index >= 15 is 0 Å². The summed E-state index contributed by atoms with van der Waals surface area (Å²) in [5.41, 5.74) is 0.634. The lowest BCUT2D eigenvalue weighted by atomic mass is 10.2. The normalized spacial score (nSPS) is 20.8. The summed E-state index contributed by atoms with van der Waals surface area (Å²) in [6.45, 7) is 3.08. The third kappa shape index (κ3) is 2.71. The molecule has 0 aromatic heterocycles. The lowest BCUT2D eigenvalue weighted by Crippen LogP contribution is -2.47. The minimum absolute atomic E-state index is 0.179. The van der Waals surface area contributed by atoms with E-state index in [9.17, 15) is 4.39 Å². The molecule has 1 saturated heterocycles. The van der Waals surface area contributed by atoms with Gasteiger partial charge in [0, 0.05) is 26.2 Å². The van der Waals surface area contributed by atoms with Gasteiger partial charge in [0.2, 0.25) is 0 Å². The van der Waals surface area contributed by atoms with E-state index in [0.29, 0.717) is 12.3 Å². The molecule has 1 heterocycles. The molecule has 1 unspecified atom stereocenters. The Morgan fingerprint density at radius 1 is 1.50 bits per heavy atom. The lowest BCUT2D eigenvalue weighted by Gasteiger charge is -2.29.